The van der Waals surface area contributed by atoms with E-state index in [9.17, 15) is 38.4 Å². The summed E-state index contributed by atoms with van der Waals surface area (Å²) in [7, 11) is 0. The lowest BCUT2D eigenvalue weighted by Crippen LogP contribution is -2.74. The molecule has 0 bridgehead atoms. The first-order chi connectivity index (χ1) is 22.2. The van der Waals surface area contributed by atoms with E-state index in [1.807, 2.05) is 83.1 Å². The minimum Gasteiger partial charge on any atom is -0.274 e. The van der Waals surface area contributed by atoms with Crippen LogP contribution in [0.5, 0.6) is 0 Å². The fourth-order valence-corrected chi connectivity index (χ4v) is 5.69. The van der Waals surface area contributed by atoms with Crippen molar-refractivity contribution in [3.05, 3.63) is 49.6 Å². The van der Waals surface area contributed by atoms with E-state index in [1.165, 1.54) is 31.8 Å². The van der Waals surface area contributed by atoms with E-state index in [2.05, 4.69) is 26.3 Å². The van der Waals surface area contributed by atoms with E-state index in [1.54, 1.807) is 13.8 Å². The van der Waals surface area contributed by atoms with Crippen molar-refractivity contribution in [3.63, 3.8) is 0 Å². The van der Waals surface area contributed by atoms with Crippen LogP contribution in [0.2, 0.25) is 0 Å². The zero-order chi connectivity index (χ0) is 39.9. The number of rotatable bonds is 4. The Labute approximate surface area is 297 Å². The molecule has 12 nitrogen and oxygen atoms in total. The number of carbonyl (C=O) groups is 8. The Bertz CT molecular complexity index is 1570. The van der Waals surface area contributed by atoms with Crippen molar-refractivity contribution < 1.29 is 38.4 Å². The summed E-state index contributed by atoms with van der Waals surface area (Å²) in [5.74, 6) is -1.58. The summed E-state index contributed by atoms with van der Waals surface area (Å²) in [6.07, 6.45) is 3.24. The SMILES string of the molecule is C=C(C)C(=O)N1C(=O)C(C)(C)C1(C)C.C=C(C)C(=O)N1C(=O)CC1(C)C.C=CC(=O)N1C(=O)C(C)(C)C1(C)C.C=CC(=O)N1C(=O)CC1(C)C. The summed E-state index contributed by atoms with van der Waals surface area (Å²) >= 11 is 0. The van der Waals surface area contributed by atoms with Crippen LogP contribution in [0.15, 0.2) is 49.6 Å². The molecule has 0 atom stereocenters. The van der Waals surface area contributed by atoms with Gasteiger partial charge in [0.15, 0.2) is 0 Å². The molecule has 0 aromatic rings. The quantitative estimate of drug-likeness (QED) is 0.298. The maximum absolute atomic E-state index is 11.7. The van der Waals surface area contributed by atoms with Gasteiger partial charge in [-0.3, -0.25) is 58.0 Å². The Hall–Kier alpha value is -4.48. The monoisotopic (exact) mass is 696 g/mol. The van der Waals surface area contributed by atoms with Gasteiger partial charge in [0, 0.05) is 11.1 Å². The van der Waals surface area contributed by atoms with Crippen LogP contribution in [0.4, 0.5) is 0 Å². The average Bonchev–Trinajstić information content (AvgIpc) is 2.96. The Morgan fingerprint density at radius 1 is 0.520 bits per heavy atom. The number of β-lactam (4-membered cyclic amide) rings is 4. The van der Waals surface area contributed by atoms with Gasteiger partial charge in [-0.1, -0.05) is 26.3 Å². The molecule has 4 saturated heterocycles. The van der Waals surface area contributed by atoms with Crippen LogP contribution in [0.25, 0.3) is 0 Å². The molecule has 8 amide bonds. The fraction of sp³-hybridized carbons (Fsp3) is 0.579. The second kappa shape index (κ2) is 14.0. The Kier molecular flexibility index (Phi) is 12.2. The molecule has 0 radical (unpaired) electrons. The number of carbonyl (C=O) groups excluding carboxylic acids is 8. The van der Waals surface area contributed by atoms with Crippen LogP contribution >= 0.6 is 0 Å². The topological polar surface area (TPSA) is 150 Å². The van der Waals surface area contributed by atoms with E-state index in [0.29, 0.717) is 24.0 Å². The van der Waals surface area contributed by atoms with Crippen LogP contribution in [0, 0.1) is 10.8 Å². The van der Waals surface area contributed by atoms with Gasteiger partial charge in [0.1, 0.15) is 0 Å². The van der Waals surface area contributed by atoms with Crippen molar-refractivity contribution in [1.29, 1.82) is 0 Å². The normalized spacial score (nSPS) is 22.0. The van der Waals surface area contributed by atoms with Gasteiger partial charge < -0.3 is 0 Å². The van der Waals surface area contributed by atoms with Crippen molar-refractivity contribution in [1.82, 2.24) is 19.6 Å². The summed E-state index contributed by atoms with van der Waals surface area (Å²) in [4.78, 5) is 95.6. The minimum atomic E-state index is -0.460. The first-order valence-corrected chi connectivity index (χ1v) is 16.3. The largest absolute Gasteiger partial charge is 0.274 e. The van der Waals surface area contributed by atoms with Crippen LogP contribution in [0.1, 0.15) is 110 Å². The third kappa shape index (κ3) is 7.34. The number of amides is 8. The molecule has 0 saturated carbocycles. The smallest absolute Gasteiger partial charge is 0.256 e. The molecule has 4 fully saturated rings. The summed E-state index contributed by atoms with van der Waals surface area (Å²) in [5, 5.41) is 0. The standard InChI is InChI=1S/C11H17NO2.C10H15NO2.C9H13NO2.C8H11NO2/c1-7(2)8(13)12-9(14)10(3,4)11(12,5)6;1-6-7(12)11-8(13)9(2,3)10(11,4)5;1-6(2)8(12)10-7(11)5-9(10,3)4;1-4-6(10)9-7(11)5-8(9,2)3/h1H2,2-6H3;6H,1H2,2-5H3;1,5H2,2-4H3;4H,1,5H2,2-3H3. The lowest BCUT2D eigenvalue weighted by molar-refractivity contribution is -0.187. The fourth-order valence-electron chi connectivity index (χ4n) is 5.69. The first kappa shape index (κ1) is 43.5. The molecule has 4 heterocycles. The predicted molar refractivity (Wildman–Crippen MR) is 191 cm³/mol. The van der Waals surface area contributed by atoms with Gasteiger partial charge >= 0.3 is 0 Å². The van der Waals surface area contributed by atoms with Crippen molar-refractivity contribution in [2.75, 3.05) is 0 Å². The van der Waals surface area contributed by atoms with Gasteiger partial charge in [0.25, 0.3) is 23.6 Å². The summed E-state index contributed by atoms with van der Waals surface area (Å²) in [5.41, 5.74) is -1.53. The number of hydrogen-bond acceptors (Lipinski definition) is 8. The number of imide groups is 4. The van der Waals surface area contributed by atoms with Gasteiger partial charge in [0.05, 0.1) is 45.8 Å². The lowest BCUT2D eigenvalue weighted by atomic mass is 9.64. The highest BCUT2D eigenvalue weighted by molar-refractivity contribution is 6.11. The summed E-state index contributed by atoms with van der Waals surface area (Å²) in [6, 6.07) is 0. The number of hydrogen-bond donors (Lipinski definition) is 0. The van der Waals surface area contributed by atoms with Gasteiger partial charge in [-0.25, -0.2) is 0 Å². The molecular formula is C38H56N4O8. The van der Waals surface area contributed by atoms with Crippen LogP contribution in [0.3, 0.4) is 0 Å². The second-order valence-corrected chi connectivity index (χ2v) is 16.3. The molecule has 12 heteroatoms. The first-order valence-electron chi connectivity index (χ1n) is 16.3. The molecule has 4 rings (SSSR count). The molecule has 0 aromatic heterocycles. The molecule has 0 N–H and O–H groups in total. The highest BCUT2D eigenvalue weighted by Crippen LogP contribution is 2.48. The van der Waals surface area contributed by atoms with Gasteiger partial charge in [-0.2, -0.15) is 0 Å². The molecule has 0 spiro atoms. The Balaban J connectivity index is 0.000000335. The molecule has 0 aromatic carbocycles. The third-order valence-corrected chi connectivity index (χ3v) is 10.5. The Morgan fingerprint density at radius 2 is 0.800 bits per heavy atom. The van der Waals surface area contributed by atoms with Crippen LogP contribution < -0.4 is 0 Å². The highest BCUT2D eigenvalue weighted by Gasteiger charge is 2.63. The second-order valence-electron chi connectivity index (χ2n) is 16.3. The van der Waals surface area contributed by atoms with Crippen molar-refractivity contribution >= 4 is 47.3 Å². The summed E-state index contributed by atoms with van der Waals surface area (Å²) in [6.45, 7) is 39.4. The van der Waals surface area contributed by atoms with Crippen molar-refractivity contribution in [2.45, 2.75) is 132 Å². The maximum atomic E-state index is 11.7. The predicted octanol–water partition coefficient (Wildman–Crippen LogP) is 4.89. The molecule has 276 valence electrons. The average molecular weight is 697 g/mol. The molecule has 50 heavy (non-hydrogen) atoms. The minimum absolute atomic E-state index is 0.104. The van der Waals surface area contributed by atoms with E-state index >= 15 is 0 Å². The molecule has 4 aliphatic heterocycles. The number of nitrogens with zero attached hydrogens (tertiary/aromatic N) is 4. The van der Waals surface area contributed by atoms with E-state index in [4.69, 9.17) is 0 Å². The highest BCUT2D eigenvalue weighted by atomic mass is 16.2. The number of likely N-dealkylation sites (tertiary alicyclic amines) is 4. The third-order valence-electron chi connectivity index (χ3n) is 10.5. The lowest BCUT2D eigenvalue weighted by Gasteiger charge is -2.58. The Morgan fingerprint density at radius 3 is 1.00 bits per heavy atom. The summed E-state index contributed by atoms with van der Waals surface area (Å²) < 4.78 is 0. The van der Waals surface area contributed by atoms with Crippen molar-refractivity contribution in [3.8, 4) is 0 Å². The van der Waals surface area contributed by atoms with Gasteiger partial charge in [0.2, 0.25) is 23.6 Å². The molecular weight excluding hydrogens is 640 g/mol. The van der Waals surface area contributed by atoms with E-state index < -0.39 is 21.9 Å². The van der Waals surface area contributed by atoms with Crippen LogP contribution in [-0.2, 0) is 38.4 Å². The molecule has 0 aliphatic carbocycles. The van der Waals surface area contributed by atoms with Crippen molar-refractivity contribution in [2.24, 2.45) is 10.8 Å². The van der Waals surface area contributed by atoms with E-state index in [0.717, 1.165) is 0 Å². The van der Waals surface area contributed by atoms with Gasteiger partial charge in [-0.15, -0.1) is 0 Å². The maximum Gasteiger partial charge on any atom is 0.256 e. The van der Waals surface area contributed by atoms with E-state index in [-0.39, 0.29) is 58.3 Å². The van der Waals surface area contributed by atoms with Gasteiger partial charge in [-0.05, 0) is 109 Å². The zero-order valence-corrected chi connectivity index (χ0v) is 32.5. The zero-order valence-electron chi connectivity index (χ0n) is 32.5. The van der Waals surface area contributed by atoms with Crippen LogP contribution in [-0.4, -0.2) is 89.0 Å². The molecule has 4 aliphatic rings. The molecule has 0 unspecified atom stereocenters.